The van der Waals surface area contributed by atoms with Crippen LogP contribution in [0.2, 0.25) is 0 Å². The number of hydrogen-bond acceptors (Lipinski definition) is 3. The molecule has 23 heavy (non-hydrogen) atoms. The molecule has 0 amide bonds. The summed E-state index contributed by atoms with van der Waals surface area (Å²) in [5.41, 5.74) is 2.01. The van der Waals surface area contributed by atoms with Crippen molar-refractivity contribution in [2.24, 2.45) is 4.99 Å². The molecule has 0 bridgehead atoms. The number of allylic oxidation sites excluding steroid dienone is 2. The van der Waals surface area contributed by atoms with Crippen LogP contribution >= 0.6 is 0 Å². The Labute approximate surface area is 142 Å². The van der Waals surface area contributed by atoms with Crippen LogP contribution in [0.15, 0.2) is 36.2 Å². The molecule has 2 heterocycles. The van der Waals surface area contributed by atoms with E-state index < -0.39 is 0 Å². The fourth-order valence-corrected chi connectivity index (χ4v) is 2.29. The van der Waals surface area contributed by atoms with Crippen LogP contribution < -0.4 is 0 Å². The van der Waals surface area contributed by atoms with Crippen molar-refractivity contribution in [1.82, 2.24) is 14.7 Å². The fourth-order valence-electron chi connectivity index (χ4n) is 2.29. The molecule has 4 heteroatoms. The van der Waals surface area contributed by atoms with Gasteiger partial charge in [-0.05, 0) is 39.7 Å². The minimum atomic E-state index is 0.512. The second-order valence-electron chi connectivity index (χ2n) is 5.42. The third-order valence-corrected chi connectivity index (χ3v) is 3.45. The van der Waals surface area contributed by atoms with Crippen LogP contribution in [0.25, 0.3) is 5.57 Å². The normalized spacial score (nSPS) is 15.8. The van der Waals surface area contributed by atoms with Gasteiger partial charge in [0.15, 0.2) is 0 Å². The van der Waals surface area contributed by atoms with Gasteiger partial charge in [-0.2, -0.15) is 5.10 Å². The predicted molar refractivity (Wildman–Crippen MR) is 103 cm³/mol. The SMILES string of the molecule is C=C/C(=C\N=C)c1cnn(C2CCN(C)CC2)c1.CC.CCC. The van der Waals surface area contributed by atoms with Crippen LogP contribution in [0.1, 0.15) is 58.6 Å². The molecule has 0 atom stereocenters. The van der Waals surface area contributed by atoms with Crippen molar-refractivity contribution in [3.8, 4) is 0 Å². The summed E-state index contributed by atoms with van der Waals surface area (Å²) in [4.78, 5) is 6.15. The smallest absolute Gasteiger partial charge is 0.0568 e. The van der Waals surface area contributed by atoms with Gasteiger partial charge in [0, 0.05) is 23.5 Å². The lowest BCUT2D eigenvalue weighted by Crippen LogP contribution is -2.31. The Balaban J connectivity index is 0.000000868. The molecule has 2 rings (SSSR count). The molecule has 1 aromatic heterocycles. The summed E-state index contributed by atoms with van der Waals surface area (Å²) in [5, 5.41) is 4.46. The minimum Gasteiger partial charge on any atom is -0.306 e. The van der Waals surface area contributed by atoms with Crippen molar-refractivity contribution >= 4 is 12.3 Å². The van der Waals surface area contributed by atoms with Crippen LogP contribution in [-0.2, 0) is 0 Å². The summed E-state index contributed by atoms with van der Waals surface area (Å²) in [7, 11) is 2.17. The van der Waals surface area contributed by atoms with E-state index in [9.17, 15) is 0 Å². The first-order chi connectivity index (χ1) is 11.2. The summed E-state index contributed by atoms with van der Waals surface area (Å²) in [6.07, 6.45) is 11.0. The molecule has 130 valence electrons. The summed E-state index contributed by atoms with van der Waals surface area (Å²) >= 11 is 0. The Morgan fingerprint density at radius 1 is 1.35 bits per heavy atom. The van der Waals surface area contributed by atoms with Crippen LogP contribution in [0.4, 0.5) is 0 Å². The van der Waals surface area contributed by atoms with Gasteiger partial charge in [-0.3, -0.25) is 9.67 Å². The van der Waals surface area contributed by atoms with Gasteiger partial charge in [-0.15, -0.1) is 0 Å². The number of likely N-dealkylation sites (tertiary alicyclic amines) is 1. The monoisotopic (exact) mass is 318 g/mol. The van der Waals surface area contributed by atoms with Gasteiger partial charge in [0.05, 0.1) is 12.2 Å². The van der Waals surface area contributed by atoms with E-state index >= 15 is 0 Å². The summed E-state index contributed by atoms with van der Waals surface area (Å²) in [5.74, 6) is 0. The molecule has 4 nitrogen and oxygen atoms in total. The van der Waals surface area contributed by atoms with Crippen molar-refractivity contribution in [2.75, 3.05) is 20.1 Å². The molecule has 1 aliphatic heterocycles. The summed E-state index contributed by atoms with van der Waals surface area (Å²) in [6, 6.07) is 0.512. The number of hydrogen-bond donors (Lipinski definition) is 0. The summed E-state index contributed by atoms with van der Waals surface area (Å²) in [6.45, 7) is 17.8. The number of aliphatic imine (C=N–C) groups is 1. The minimum absolute atomic E-state index is 0.512. The quantitative estimate of drug-likeness (QED) is 0.589. The van der Waals surface area contributed by atoms with Crippen LogP contribution in [0.3, 0.4) is 0 Å². The molecule has 0 saturated carbocycles. The van der Waals surface area contributed by atoms with E-state index in [-0.39, 0.29) is 0 Å². The Morgan fingerprint density at radius 2 is 1.91 bits per heavy atom. The molecule has 0 unspecified atom stereocenters. The molecule has 1 aliphatic rings. The second-order valence-corrected chi connectivity index (χ2v) is 5.42. The zero-order valence-electron chi connectivity index (χ0n) is 15.6. The molecular formula is C19H34N4. The van der Waals surface area contributed by atoms with Gasteiger partial charge in [-0.25, -0.2) is 0 Å². The first-order valence-corrected chi connectivity index (χ1v) is 8.67. The zero-order chi connectivity index (χ0) is 17.7. The second kappa shape index (κ2) is 12.8. The Kier molecular flexibility index (Phi) is 11.9. The van der Waals surface area contributed by atoms with Crippen molar-refractivity contribution in [3.63, 3.8) is 0 Å². The zero-order valence-corrected chi connectivity index (χ0v) is 15.6. The van der Waals surface area contributed by atoms with Gasteiger partial charge >= 0.3 is 0 Å². The molecule has 0 radical (unpaired) electrons. The van der Waals surface area contributed by atoms with Crippen molar-refractivity contribution in [1.29, 1.82) is 0 Å². The Bertz CT molecular complexity index is 465. The standard InChI is InChI=1S/C14H20N4.C3H8.C2H6/c1-4-12(9-15-2)13-10-16-18(11-13)14-5-7-17(3)8-6-14;1-3-2;1-2/h4,9-11,14H,1-2,5-8H2,3H3;3H2,1-2H3;1-2H3/b12-9+;;. The van der Waals surface area contributed by atoms with Crippen molar-refractivity contribution < 1.29 is 0 Å². The van der Waals surface area contributed by atoms with Crippen LogP contribution in [0, 0.1) is 0 Å². The lowest BCUT2D eigenvalue weighted by Gasteiger charge is -2.28. The Morgan fingerprint density at radius 3 is 2.39 bits per heavy atom. The van der Waals surface area contributed by atoms with Gasteiger partial charge in [0.2, 0.25) is 0 Å². The molecule has 0 aliphatic carbocycles. The van der Waals surface area contributed by atoms with Crippen LogP contribution in [-0.4, -0.2) is 41.5 Å². The Hall–Kier alpha value is -1.68. The van der Waals surface area contributed by atoms with E-state index in [0.29, 0.717) is 6.04 Å². The van der Waals surface area contributed by atoms with E-state index in [1.165, 1.54) is 6.42 Å². The molecule has 0 spiro atoms. The number of rotatable bonds is 4. The first kappa shape index (κ1) is 21.3. The van der Waals surface area contributed by atoms with E-state index in [1.807, 2.05) is 20.0 Å². The topological polar surface area (TPSA) is 33.4 Å². The first-order valence-electron chi connectivity index (χ1n) is 8.67. The maximum Gasteiger partial charge on any atom is 0.0568 e. The lowest BCUT2D eigenvalue weighted by atomic mass is 10.1. The molecule has 1 fully saturated rings. The predicted octanol–water partition coefficient (Wildman–Crippen LogP) is 4.82. The number of piperidine rings is 1. The number of nitrogens with zero attached hydrogens (tertiary/aromatic N) is 4. The van der Waals surface area contributed by atoms with Gasteiger partial charge < -0.3 is 4.90 Å². The molecule has 0 N–H and O–H groups in total. The highest BCUT2D eigenvalue weighted by Crippen LogP contribution is 2.23. The molecule has 1 saturated heterocycles. The highest BCUT2D eigenvalue weighted by Gasteiger charge is 2.19. The fraction of sp³-hybridized carbons (Fsp3) is 0.579. The molecular weight excluding hydrogens is 284 g/mol. The van der Waals surface area contributed by atoms with E-state index in [1.54, 1.807) is 12.3 Å². The largest absolute Gasteiger partial charge is 0.306 e. The number of aromatic nitrogens is 2. The van der Waals surface area contributed by atoms with Gasteiger partial charge in [0.1, 0.15) is 0 Å². The third-order valence-electron chi connectivity index (χ3n) is 3.45. The highest BCUT2D eigenvalue weighted by atomic mass is 15.3. The lowest BCUT2D eigenvalue weighted by molar-refractivity contribution is 0.212. The van der Waals surface area contributed by atoms with Crippen molar-refractivity contribution in [3.05, 3.63) is 36.8 Å². The summed E-state index contributed by atoms with van der Waals surface area (Å²) < 4.78 is 2.07. The van der Waals surface area contributed by atoms with E-state index in [4.69, 9.17) is 0 Å². The van der Waals surface area contributed by atoms with Crippen molar-refractivity contribution in [2.45, 2.75) is 53.0 Å². The third kappa shape index (κ3) is 7.42. The van der Waals surface area contributed by atoms with E-state index in [2.05, 4.69) is 60.1 Å². The average Bonchev–Trinajstić information content (AvgIpc) is 3.05. The molecule has 1 aromatic rings. The maximum atomic E-state index is 4.46. The van der Waals surface area contributed by atoms with Gasteiger partial charge in [-0.1, -0.05) is 46.8 Å². The highest BCUT2D eigenvalue weighted by molar-refractivity contribution is 5.72. The van der Waals surface area contributed by atoms with Crippen LogP contribution in [0.5, 0.6) is 0 Å². The maximum absolute atomic E-state index is 4.46. The van der Waals surface area contributed by atoms with E-state index in [0.717, 1.165) is 37.1 Å². The van der Waals surface area contributed by atoms with Gasteiger partial charge in [0.25, 0.3) is 0 Å². The average molecular weight is 319 g/mol. The molecule has 0 aromatic carbocycles.